The maximum atomic E-state index is 14.2. The molecule has 2 heterocycles. The van der Waals surface area contributed by atoms with Crippen LogP contribution in [-0.2, 0) is 20.3 Å². The first-order valence-corrected chi connectivity index (χ1v) is 17.7. The molecule has 0 fully saturated rings. The third-order valence-corrected chi connectivity index (χ3v) is 12.5. The zero-order valence-corrected chi connectivity index (χ0v) is 25.2. The molecule has 4 rings (SSSR count). The summed E-state index contributed by atoms with van der Waals surface area (Å²) in [5.74, 6) is -0.830. The second-order valence-electron chi connectivity index (χ2n) is 8.31. The van der Waals surface area contributed by atoms with E-state index in [2.05, 4.69) is 4.72 Å². The van der Waals surface area contributed by atoms with Crippen molar-refractivity contribution in [2.24, 2.45) is 5.73 Å². The van der Waals surface area contributed by atoms with Crippen LogP contribution in [0.1, 0.15) is 22.4 Å². The van der Waals surface area contributed by atoms with Crippen molar-refractivity contribution in [1.82, 2.24) is 4.72 Å². The van der Waals surface area contributed by atoms with E-state index in [0.717, 1.165) is 79.9 Å². The average Bonchev–Trinajstić information content (AvgIpc) is 3.50. The van der Waals surface area contributed by atoms with Gasteiger partial charge in [-0.1, -0.05) is 0 Å². The van der Waals surface area contributed by atoms with Crippen molar-refractivity contribution in [2.75, 3.05) is 18.6 Å². The van der Waals surface area contributed by atoms with Crippen LogP contribution < -0.4 is 19.5 Å². The van der Waals surface area contributed by atoms with Crippen LogP contribution in [0.25, 0.3) is 9.40 Å². The molecule has 0 saturated heterocycles. The number of fused-ring (bicyclic) bond motifs is 1. The van der Waals surface area contributed by atoms with Crippen molar-refractivity contribution < 1.29 is 30.8 Å². The molecule has 0 radical (unpaired) electrons. The lowest BCUT2D eigenvalue weighted by Gasteiger charge is -2.20. The number of thiophene rings is 2. The normalized spacial score (nSPS) is 11.7. The van der Waals surface area contributed by atoms with Gasteiger partial charge in [0.2, 0.25) is 0 Å². The molecule has 3 N–H and O–H groups in total. The maximum absolute atomic E-state index is 14.2. The molecule has 0 saturated carbocycles. The highest BCUT2D eigenvalue weighted by atomic mass is 32.2. The molecule has 16 heteroatoms. The molecule has 9 nitrogen and oxygen atoms in total. The lowest BCUT2D eigenvalue weighted by molar-refractivity contribution is 0.382. The monoisotopic (exact) mass is 654 g/mol. The Hall–Kier alpha value is -3.01. The molecule has 0 aliphatic heterocycles. The third kappa shape index (κ3) is 7.84. The van der Waals surface area contributed by atoms with Gasteiger partial charge in [0.05, 0.1) is 11.1 Å². The van der Waals surface area contributed by atoms with E-state index in [1.807, 2.05) is 6.07 Å². The van der Waals surface area contributed by atoms with Gasteiger partial charge in [0.25, 0.3) is 10.0 Å². The molecule has 0 aliphatic carbocycles. The second kappa shape index (κ2) is 13.3. The lowest BCUT2D eigenvalue weighted by Crippen LogP contribution is -2.26. The fourth-order valence-corrected chi connectivity index (χ4v) is 10.3. The molecule has 0 aliphatic rings. The van der Waals surface area contributed by atoms with Crippen LogP contribution in [0.3, 0.4) is 0 Å². The Balaban J connectivity index is 1.55. The number of nitriles is 2. The lowest BCUT2D eigenvalue weighted by atomic mass is 10.2. The summed E-state index contributed by atoms with van der Waals surface area (Å²) >= 11 is 4.26. The highest BCUT2D eigenvalue weighted by Gasteiger charge is 2.32. The van der Waals surface area contributed by atoms with Gasteiger partial charge in [-0.15, -0.1) is 22.7 Å². The average molecular weight is 655 g/mol. The van der Waals surface area contributed by atoms with E-state index in [0.29, 0.717) is 6.54 Å². The minimum Gasteiger partial charge on any atom is -0.415 e. The summed E-state index contributed by atoms with van der Waals surface area (Å²) in [5.41, 5.74) is 4.93. The fourth-order valence-electron chi connectivity index (χ4n) is 3.35. The summed E-state index contributed by atoms with van der Waals surface area (Å²) < 4.78 is 82.8. The largest absolute Gasteiger partial charge is 0.445 e. The Morgan fingerprint density at radius 2 is 1.54 bits per heavy atom. The standard InChI is InChI=1S/C25H21F2N4O5PS4/c26-21-8-18(4-2-16(21)12-29)35-37(32,36-19-5-3-17(13-30)22(27)9-19)15-31-41(33,34)25-11-24-23(40-25)10-20(39-24)14-38-7-1-6-28/h2-5,8-11,31H,1,6-7,14-15,28H2. The Morgan fingerprint density at radius 1 is 0.951 bits per heavy atom. The van der Waals surface area contributed by atoms with Crippen molar-refractivity contribution in [2.45, 2.75) is 16.4 Å². The summed E-state index contributed by atoms with van der Waals surface area (Å²) in [6.45, 7) is 0.623. The van der Waals surface area contributed by atoms with E-state index >= 15 is 0 Å². The van der Waals surface area contributed by atoms with E-state index in [1.165, 1.54) is 17.4 Å². The summed E-state index contributed by atoms with van der Waals surface area (Å²) in [6.07, 6.45) is 0.0170. The highest BCUT2D eigenvalue weighted by Crippen LogP contribution is 2.48. The summed E-state index contributed by atoms with van der Waals surface area (Å²) in [7, 11) is -8.70. The number of rotatable bonds is 13. The van der Waals surface area contributed by atoms with Crippen molar-refractivity contribution in [3.8, 4) is 23.6 Å². The van der Waals surface area contributed by atoms with E-state index in [-0.39, 0.29) is 26.8 Å². The Bertz CT molecular complexity index is 1710. The van der Waals surface area contributed by atoms with Gasteiger partial charge in [-0.25, -0.2) is 21.8 Å². The molecule has 0 amide bonds. The zero-order valence-electron chi connectivity index (χ0n) is 21.0. The zero-order chi connectivity index (χ0) is 29.6. The maximum Gasteiger partial charge on any atom is 0.445 e. The van der Waals surface area contributed by atoms with E-state index in [1.54, 1.807) is 23.9 Å². The number of halogens is 2. The van der Waals surface area contributed by atoms with Crippen LogP contribution in [0, 0.1) is 34.3 Å². The molecule has 0 spiro atoms. The van der Waals surface area contributed by atoms with Crippen LogP contribution in [0.4, 0.5) is 8.78 Å². The van der Waals surface area contributed by atoms with Crippen LogP contribution >= 0.6 is 42.0 Å². The topological polar surface area (TPSA) is 155 Å². The molecular weight excluding hydrogens is 634 g/mol. The molecule has 2 aromatic carbocycles. The van der Waals surface area contributed by atoms with Crippen LogP contribution in [0.15, 0.2) is 52.7 Å². The molecule has 2 aromatic heterocycles. The first kappa shape index (κ1) is 30.9. The summed E-state index contributed by atoms with van der Waals surface area (Å²) in [6, 6.07) is 12.8. The van der Waals surface area contributed by atoms with Crippen molar-refractivity contribution >= 4 is 61.5 Å². The van der Waals surface area contributed by atoms with Crippen molar-refractivity contribution in [1.29, 1.82) is 10.5 Å². The van der Waals surface area contributed by atoms with Gasteiger partial charge in [-0.2, -0.15) is 27.0 Å². The van der Waals surface area contributed by atoms with Gasteiger partial charge in [0, 0.05) is 32.2 Å². The summed E-state index contributed by atoms with van der Waals surface area (Å²) in [5, 5.41) is 17.9. The number of sulfonamides is 1. The van der Waals surface area contributed by atoms with E-state index in [9.17, 15) is 21.8 Å². The third-order valence-electron chi connectivity index (χ3n) is 5.30. The Kier molecular flexibility index (Phi) is 10.0. The quantitative estimate of drug-likeness (QED) is 0.127. The first-order valence-electron chi connectivity index (χ1n) is 11.7. The Labute approximate surface area is 247 Å². The van der Waals surface area contributed by atoms with E-state index < -0.39 is 35.5 Å². The SMILES string of the molecule is N#Cc1ccc(OP(=O)(CNS(=O)(=O)c2cc3sc(CSCCCN)cc3s2)Oc2ccc(C#N)c(F)c2)cc1F. The predicted molar refractivity (Wildman–Crippen MR) is 156 cm³/mol. The fraction of sp³-hybridized carbons (Fsp3) is 0.200. The van der Waals surface area contributed by atoms with Gasteiger partial charge in [0.15, 0.2) is 0 Å². The minimum absolute atomic E-state index is 0.0264. The number of nitrogens with one attached hydrogen (secondary N) is 1. The molecule has 0 unspecified atom stereocenters. The molecule has 4 aromatic rings. The number of hydrogen-bond acceptors (Lipinski definition) is 11. The van der Waals surface area contributed by atoms with Gasteiger partial charge < -0.3 is 14.8 Å². The summed E-state index contributed by atoms with van der Waals surface area (Å²) in [4.78, 5) is 1.10. The van der Waals surface area contributed by atoms with Crippen molar-refractivity contribution in [3.63, 3.8) is 0 Å². The smallest absolute Gasteiger partial charge is 0.415 e. The first-order chi connectivity index (χ1) is 19.6. The van der Waals surface area contributed by atoms with E-state index in [4.69, 9.17) is 25.3 Å². The van der Waals surface area contributed by atoms with Gasteiger partial charge in [-0.3, -0.25) is 0 Å². The minimum atomic E-state index is -4.51. The van der Waals surface area contributed by atoms with Gasteiger partial charge >= 0.3 is 7.60 Å². The van der Waals surface area contributed by atoms with Gasteiger partial charge in [-0.05, 0) is 55.1 Å². The number of benzene rings is 2. The highest BCUT2D eigenvalue weighted by molar-refractivity contribution is 7.98. The van der Waals surface area contributed by atoms with Crippen LogP contribution in [-0.4, -0.2) is 27.0 Å². The molecule has 214 valence electrons. The molecule has 0 bridgehead atoms. The molecule has 0 atom stereocenters. The van der Waals surface area contributed by atoms with Gasteiger partial charge in [0.1, 0.15) is 45.8 Å². The molecule has 41 heavy (non-hydrogen) atoms. The predicted octanol–water partition coefficient (Wildman–Crippen LogP) is 6.15. The number of nitrogens with two attached hydrogens (primary N) is 1. The number of nitrogens with zero attached hydrogens (tertiary/aromatic N) is 2. The van der Waals surface area contributed by atoms with Crippen molar-refractivity contribution in [3.05, 3.63) is 76.2 Å². The van der Waals surface area contributed by atoms with Crippen LogP contribution in [0.5, 0.6) is 11.5 Å². The number of hydrogen-bond donors (Lipinski definition) is 2. The second-order valence-corrected chi connectivity index (χ2v) is 15.6. The van der Waals surface area contributed by atoms with Crippen LogP contribution in [0.2, 0.25) is 0 Å². The number of thioether (sulfide) groups is 1. The Morgan fingerprint density at radius 3 is 2.05 bits per heavy atom. The molecular formula is C25H21F2N4O5PS4.